The molecule has 4 aromatic carbocycles. The Kier molecular flexibility index (Phi) is 4.11. The monoisotopic (exact) mass is 504 g/mol. The molecule has 0 aliphatic carbocycles. The SMILES string of the molecule is c1ccc(-c2cc3sc4c(ccc5ccc6c7sc(-c8ccccc8)cc7sc6c54)c3s2)cc1. The second-order valence-electron chi connectivity index (χ2n) is 8.53. The Morgan fingerprint density at radius 2 is 0.882 bits per heavy atom. The molecule has 4 heterocycles. The molecule has 4 heteroatoms. The van der Waals surface area contributed by atoms with Gasteiger partial charge in [0.15, 0.2) is 0 Å². The molecule has 4 aromatic heterocycles. The minimum absolute atomic E-state index is 1.31. The molecule has 8 aromatic rings. The number of hydrogen-bond acceptors (Lipinski definition) is 4. The fourth-order valence-corrected chi connectivity index (χ4v) is 10.3. The van der Waals surface area contributed by atoms with Crippen LogP contribution >= 0.6 is 45.3 Å². The summed E-state index contributed by atoms with van der Waals surface area (Å²) in [4.78, 5) is 2.71. The summed E-state index contributed by atoms with van der Waals surface area (Å²) in [5.41, 5.74) is 2.61. The first-order valence-electron chi connectivity index (χ1n) is 11.2. The molecule has 0 radical (unpaired) electrons. The summed E-state index contributed by atoms with van der Waals surface area (Å²) in [5.74, 6) is 0. The van der Waals surface area contributed by atoms with Gasteiger partial charge in [0.25, 0.3) is 0 Å². The van der Waals surface area contributed by atoms with Crippen LogP contribution in [0.3, 0.4) is 0 Å². The van der Waals surface area contributed by atoms with Crippen LogP contribution in [0.15, 0.2) is 97.1 Å². The van der Waals surface area contributed by atoms with E-state index in [0.717, 1.165) is 0 Å². The van der Waals surface area contributed by atoms with E-state index in [2.05, 4.69) is 97.1 Å². The Bertz CT molecular complexity index is 1850. The molecule has 0 fully saturated rings. The fourth-order valence-electron chi connectivity index (χ4n) is 4.91. The van der Waals surface area contributed by atoms with Crippen molar-refractivity contribution < 1.29 is 0 Å². The molecule has 0 saturated heterocycles. The first-order chi connectivity index (χ1) is 16.8. The van der Waals surface area contributed by atoms with E-state index in [4.69, 9.17) is 0 Å². The topological polar surface area (TPSA) is 0 Å². The molecular formula is C30H16S4. The van der Waals surface area contributed by atoms with E-state index in [1.807, 2.05) is 45.3 Å². The molecule has 8 rings (SSSR count). The summed E-state index contributed by atoms with van der Waals surface area (Å²) < 4.78 is 8.49. The van der Waals surface area contributed by atoms with E-state index < -0.39 is 0 Å². The average molecular weight is 505 g/mol. The normalized spacial score (nSPS) is 12.1. The van der Waals surface area contributed by atoms with Crippen LogP contribution in [-0.4, -0.2) is 0 Å². The van der Waals surface area contributed by atoms with Gasteiger partial charge in [0.1, 0.15) is 0 Å². The zero-order valence-electron chi connectivity index (χ0n) is 17.9. The van der Waals surface area contributed by atoms with Crippen LogP contribution in [0.2, 0.25) is 0 Å². The minimum Gasteiger partial charge on any atom is -0.134 e. The average Bonchev–Trinajstić information content (AvgIpc) is 3.63. The van der Waals surface area contributed by atoms with Gasteiger partial charge in [-0.05, 0) is 28.6 Å². The lowest BCUT2D eigenvalue weighted by atomic mass is 10.1. The molecule has 0 nitrogen and oxygen atoms in total. The van der Waals surface area contributed by atoms with E-state index in [1.165, 1.54) is 70.6 Å². The second-order valence-corrected chi connectivity index (χ2v) is 12.7. The first-order valence-corrected chi connectivity index (χ1v) is 14.4. The van der Waals surface area contributed by atoms with Gasteiger partial charge in [0.2, 0.25) is 0 Å². The predicted octanol–water partition coefficient (Wildman–Crippen LogP) is 11.0. The Hall–Kier alpha value is -3.02. The number of rotatable bonds is 2. The lowest BCUT2D eigenvalue weighted by Crippen LogP contribution is -1.74. The molecule has 34 heavy (non-hydrogen) atoms. The van der Waals surface area contributed by atoms with Crippen molar-refractivity contribution in [2.45, 2.75) is 0 Å². The number of benzene rings is 4. The van der Waals surface area contributed by atoms with E-state index >= 15 is 0 Å². The van der Waals surface area contributed by atoms with Gasteiger partial charge < -0.3 is 0 Å². The molecule has 0 aliphatic rings. The molecule has 0 bridgehead atoms. The lowest BCUT2D eigenvalue weighted by molar-refractivity contribution is 1.70. The Labute approximate surface area is 212 Å². The highest BCUT2D eigenvalue weighted by Gasteiger charge is 2.18. The van der Waals surface area contributed by atoms with E-state index in [0.29, 0.717) is 0 Å². The summed E-state index contributed by atoms with van der Waals surface area (Å²) >= 11 is 7.75. The van der Waals surface area contributed by atoms with Crippen LogP contribution < -0.4 is 0 Å². The summed E-state index contributed by atoms with van der Waals surface area (Å²) in [6.45, 7) is 0. The summed E-state index contributed by atoms with van der Waals surface area (Å²) in [7, 11) is 0. The van der Waals surface area contributed by atoms with Gasteiger partial charge >= 0.3 is 0 Å². The van der Waals surface area contributed by atoms with Crippen LogP contribution in [0.5, 0.6) is 0 Å². The largest absolute Gasteiger partial charge is 0.134 e. The summed E-state index contributed by atoms with van der Waals surface area (Å²) in [6, 6.07) is 35.5. The highest BCUT2D eigenvalue weighted by molar-refractivity contribution is 7.36. The molecule has 0 unspecified atom stereocenters. The third-order valence-electron chi connectivity index (χ3n) is 6.52. The van der Waals surface area contributed by atoms with Gasteiger partial charge in [0, 0.05) is 44.7 Å². The molecule has 0 spiro atoms. The Balaban J connectivity index is 1.38. The van der Waals surface area contributed by atoms with Crippen LogP contribution in [0.25, 0.3) is 70.6 Å². The first kappa shape index (κ1) is 19.3. The molecule has 0 saturated carbocycles. The van der Waals surface area contributed by atoms with Crippen molar-refractivity contribution in [3.8, 4) is 20.9 Å². The second kappa shape index (κ2) is 7.24. The van der Waals surface area contributed by atoms with E-state index in [-0.39, 0.29) is 0 Å². The van der Waals surface area contributed by atoms with Crippen LogP contribution in [0, 0.1) is 0 Å². The van der Waals surface area contributed by atoms with E-state index in [9.17, 15) is 0 Å². The zero-order valence-corrected chi connectivity index (χ0v) is 21.1. The van der Waals surface area contributed by atoms with Crippen molar-refractivity contribution in [3.63, 3.8) is 0 Å². The Morgan fingerprint density at radius 3 is 1.35 bits per heavy atom. The van der Waals surface area contributed by atoms with Crippen molar-refractivity contribution >= 4 is 95.1 Å². The maximum Gasteiger partial charge on any atom is 0.0536 e. The minimum atomic E-state index is 1.31. The van der Waals surface area contributed by atoms with Gasteiger partial charge in [-0.15, -0.1) is 45.3 Å². The van der Waals surface area contributed by atoms with Gasteiger partial charge in [-0.1, -0.05) is 84.9 Å². The molecular weight excluding hydrogens is 489 g/mol. The maximum atomic E-state index is 2.38. The highest BCUT2D eigenvalue weighted by Crippen LogP contribution is 2.50. The van der Waals surface area contributed by atoms with Crippen LogP contribution in [0.1, 0.15) is 0 Å². The standard InChI is InChI=1S/C30H16S4/c1-3-7-17(8-4-1)22-15-24-27(31-22)20-13-11-19-12-14-21-28-25(34-30(21)26(19)29(20)33-24)16-23(32-28)18-9-5-2-6-10-18/h1-16H. The van der Waals surface area contributed by atoms with Gasteiger partial charge in [-0.3, -0.25) is 0 Å². The zero-order chi connectivity index (χ0) is 22.2. The van der Waals surface area contributed by atoms with Crippen molar-refractivity contribution in [1.82, 2.24) is 0 Å². The number of fused-ring (bicyclic) bond motifs is 9. The highest BCUT2D eigenvalue weighted by atomic mass is 32.1. The quantitative estimate of drug-likeness (QED) is 0.220. The maximum absolute atomic E-state index is 2.38. The molecule has 0 aliphatic heterocycles. The summed E-state index contributed by atoms with van der Waals surface area (Å²) in [5, 5.41) is 5.57. The van der Waals surface area contributed by atoms with Crippen molar-refractivity contribution in [2.24, 2.45) is 0 Å². The molecule has 160 valence electrons. The van der Waals surface area contributed by atoms with Gasteiger partial charge in [0.05, 0.1) is 9.40 Å². The van der Waals surface area contributed by atoms with Crippen molar-refractivity contribution in [2.75, 3.05) is 0 Å². The summed E-state index contributed by atoms with van der Waals surface area (Å²) in [6.07, 6.45) is 0. The number of thiophene rings is 4. The molecule has 0 N–H and O–H groups in total. The van der Waals surface area contributed by atoms with E-state index in [1.54, 1.807) is 0 Å². The van der Waals surface area contributed by atoms with Crippen molar-refractivity contribution in [1.29, 1.82) is 0 Å². The van der Waals surface area contributed by atoms with Crippen LogP contribution in [0.4, 0.5) is 0 Å². The fraction of sp³-hybridized carbons (Fsp3) is 0. The molecule has 0 amide bonds. The lowest BCUT2D eigenvalue weighted by Gasteiger charge is -2.02. The smallest absolute Gasteiger partial charge is 0.0536 e. The predicted molar refractivity (Wildman–Crippen MR) is 156 cm³/mol. The van der Waals surface area contributed by atoms with Crippen LogP contribution in [-0.2, 0) is 0 Å². The van der Waals surface area contributed by atoms with Gasteiger partial charge in [-0.2, -0.15) is 0 Å². The Morgan fingerprint density at radius 1 is 0.412 bits per heavy atom. The third kappa shape index (κ3) is 2.74. The molecule has 0 atom stereocenters. The van der Waals surface area contributed by atoms with Crippen molar-refractivity contribution in [3.05, 3.63) is 97.1 Å². The number of hydrogen-bond donors (Lipinski definition) is 0. The van der Waals surface area contributed by atoms with Gasteiger partial charge in [-0.25, -0.2) is 0 Å². The third-order valence-corrected chi connectivity index (χ3v) is 11.6.